The quantitative estimate of drug-likeness (QED) is 0.191. The molecule has 6 aliphatic rings. The Morgan fingerprint density at radius 2 is 0.614 bits per heavy atom. The van der Waals surface area contributed by atoms with Crippen LogP contribution in [0.5, 0.6) is 0 Å². The fourth-order valence-corrected chi connectivity index (χ4v) is 4.85. The molecule has 300 valence electrons. The average Bonchev–Trinajstić information content (AvgIpc) is 3.93. The van der Waals surface area contributed by atoms with E-state index in [2.05, 4.69) is 21.3 Å². The first kappa shape index (κ1) is 57.3. The summed E-state index contributed by atoms with van der Waals surface area (Å²) in [6.07, 6.45) is 1.86. The molecule has 4 N–H and O–H groups in total. The molecular weight excluding hydrogens is 805 g/mol. The molecule has 0 aromatic heterocycles. The number of carboxylic acids is 4. The number of nitrogens with one attached hydrogen (secondary N) is 4. The van der Waals surface area contributed by atoms with Gasteiger partial charge < -0.3 is 80.7 Å². The molecule has 4 atom stereocenters. The summed E-state index contributed by atoms with van der Waals surface area (Å²) >= 11 is 0. The van der Waals surface area contributed by atoms with Crippen molar-refractivity contribution < 1.29 is 88.2 Å². The summed E-state index contributed by atoms with van der Waals surface area (Å²) in [6, 6.07) is -3.01. The van der Waals surface area contributed by atoms with Gasteiger partial charge in [0.2, 0.25) is 35.4 Å². The van der Waals surface area contributed by atoms with Crippen molar-refractivity contribution in [3.05, 3.63) is 0 Å². The average molecular weight is 842 g/mol. The SMILES string of the molecule is O=C([O-])N1CCCC1=O.O=C([O-])N1CCCC1=O.O=C1CCC(C(=O)[O-])N1.O=C1CCC(C(=O)[O-])N1.O=C1CCC(C(=O)[O-])N1.O=C1CCC(C(=O)[O-])N1.[Mg+2].[Mg+2].[Mg+2]. The molecule has 4 unspecified atom stereocenters. The van der Waals surface area contributed by atoms with Gasteiger partial charge in [0.1, 0.15) is 12.2 Å². The summed E-state index contributed by atoms with van der Waals surface area (Å²) in [5, 5.41) is 69.1. The molecule has 24 nitrogen and oxygen atoms in total. The van der Waals surface area contributed by atoms with Gasteiger partial charge in [0.05, 0.1) is 48.0 Å². The summed E-state index contributed by atoms with van der Waals surface area (Å²) < 4.78 is 0. The molecule has 6 fully saturated rings. The van der Waals surface area contributed by atoms with E-state index in [9.17, 15) is 88.2 Å². The Morgan fingerprint density at radius 3 is 0.684 bits per heavy atom. The van der Waals surface area contributed by atoms with E-state index in [4.69, 9.17) is 0 Å². The van der Waals surface area contributed by atoms with E-state index in [1.54, 1.807) is 0 Å². The number of likely N-dealkylation sites (tertiary alicyclic amines) is 2. The zero-order valence-corrected chi connectivity index (χ0v) is 34.8. The first-order valence-corrected chi connectivity index (χ1v) is 16.3. The Balaban J connectivity index is -0.000000607. The van der Waals surface area contributed by atoms with Gasteiger partial charge in [-0.3, -0.25) is 38.6 Å². The van der Waals surface area contributed by atoms with Crippen LogP contribution in [0.4, 0.5) is 9.59 Å². The molecule has 27 heteroatoms. The maximum atomic E-state index is 10.5. The smallest absolute Gasteiger partial charge is 0.548 e. The first-order chi connectivity index (χ1) is 25.2. The molecule has 0 aromatic rings. The second-order valence-corrected chi connectivity index (χ2v) is 11.7. The second kappa shape index (κ2) is 29.2. The van der Waals surface area contributed by atoms with Gasteiger partial charge in [-0.05, 0) is 38.5 Å². The van der Waals surface area contributed by atoms with Crippen molar-refractivity contribution >= 4 is 141 Å². The molecule has 0 saturated carbocycles. The van der Waals surface area contributed by atoms with Gasteiger partial charge >= 0.3 is 69.2 Å². The third-order valence-corrected chi connectivity index (χ3v) is 7.71. The maximum absolute atomic E-state index is 10.5. The van der Waals surface area contributed by atoms with Gasteiger partial charge in [0.25, 0.3) is 0 Å². The van der Waals surface area contributed by atoms with E-state index in [0.717, 1.165) is 9.80 Å². The van der Waals surface area contributed by atoms with Crippen LogP contribution in [0.2, 0.25) is 0 Å². The van der Waals surface area contributed by atoms with Crippen molar-refractivity contribution in [2.75, 3.05) is 13.1 Å². The predicted molar refractivity (Wildman–Crippen MR) is 175 cm³/mol. The van der Waals surface area contributed by atoms with Gasteiger partial charge in [-0.15, -0.1) is 0 Å². The largest absolute Gasteiger partial charge is 2.00 e. The van der Waals surface area contributed by atoms with Crippen LogP contribution in [0.3, 0.4) is 0 Å². The van der Waals surface area contributed by atoms with Crippen LogP contribution >= 0.6 is 0 Å². The van der Waals surface area contributed by atoms with Crippen LogP contribution < -0.4 is 51.9 Å². The predicted octanol–water partition coefficient (Wildman–Crippen LogP) is -11.2. The molecule has 6 heterocycles. The van der Waals surface area contributed by atoms with Crippen LogP contribution in [0.1, 0.15) is 77.0 Å². The van der Waals surface area contributed by atoms with Gasteiger partial charge in [-0.2, -0.15) is 0 Å². The molecule has 6 rings (SSSR count). The number of hydrogen-bond acceptors (Lipinski definition) is 18. The van der Waals surface area contributed by atoms with Crippen LogP contribution in [0.15, 0.2) is 0 Å². The number of imide groups is 2. The van der Waals surface area contributed by atoms with Crippen molar-refractivity contribution in [3.63, 3.8) is 0 Å². The van der Waals surface area contributed by atoms with Crippen molar-refractivity contribution in [1.29, 1.82) is 0 Å². The van der Waals surface area contributed by atoms with Crippen LogP contribution in [0, 0.1) is 0 Å². The number of rotatable bonds is 4. The molecule has 0 radical (unpaired) electrons. The minimum Gasteiger partial charge on any atom is -0.548 e. The number of amides is 8. The molecule has 57 heavy (non-hydrogen) atoms. The summed E-state index contributed by atoms with van der Waals surface area (Å²) in [5.74, 6) is -6.27. The minimum absolute atomic E-state index is 0. The van der Waals surface area contributed by atoms with Gasteiger partial charge in [0, 0.05) is 51.6 Å². The third kappa shape index (κ3) is 22.5. The molecule has 6 aliphatic heterocycles. The third-order valence-electron chi connectivity index (χ3n) is 7.71. The minimum atomic E-state index is -1.38. The molecule has 8 amide bonds. The molecule has 0 aliphatic carbocycles. The fourth-order valence-electron chi connectivity index (χ4n) is 4.85. The second-order valence-electron chi connectivity index (χ2n) is 11.7. The van der Waals surface area contributed by atoms with E-state index in [0.29, 0.717) is 90.1 Å². The Hall–Kier alpha value is -4.06. The molecular formula is C30H36Mg3N6O18. The van der Waals surface area contributed by atoms with E-state index in [-0.39, 0.29) is 105 Å². The number of hydrogen-bond donors (Lipinski definition) is 4. The molecule has 0 aromatic carbocycles. The van der Waals surface area contributed by atoms with Gasteiger partial charge in [-0.25, -0.2) is 0 Å². The number of carbonyl (C=O) groups excluding carboxylic acids is 12. The zero-order valence-electron chi connectivity index (χ0n) is 30.6. The fraction of sp³-hybridized carbons (Fsp3) is 0.600. The first-order valence-electron chi connectivity index (χ1n) is 16.3. The number of carbonyl (C=O) groups is 12. The van der Waals surface area contributed by atoms with E-state index in [1.807, 2.05) is 0 Å². The summed E-state index contributed by atoms with van der Waals surface area (Å²) in [5.41, 5.74) is 0. The van der Waals surface area contributed by atoms with Crippen molar-refractivity contribution in [2.45, 2.75) is 101 Å². The van der Waals surface area contributed by atoms with E-state index < -0.39 is 60.2 Å². The Kier molecular flexibility index (Phi) is 29.3. The molecule has 6 saturated heterocycles. The summed E-state index contributed by atoms with van der Waals surface area (Å²) in [7, 11) is 0. The monoisotopic (exact) mass is 840 g/mol. The standard InChI is InChI=1S/6C5H7NO3.3Mg/c2*7-4-2-1-3-6(4)5(8)9;4*7-4-2-1-3(6-4)5(8)9;;;/h2*1-3H2,(H,8,9);4*3H,1-2H2,(H,6,7)(H,8,9);;;/q;;;;;;3*+2/p-6. The van der Waals surface area contributed by atoms with Crippen molar-refractivity contribution in [2.24, 2.45) is 0 Å². The number of nitrogens with zero attached hydrogens (tertiary/aromatic N) is 2. The Bertz CT molecular complexity index is 1320. The Labute approximate surface area is 372 Å². The number of carboxylic acid groups (broad SMARTS) is 6. The van der Waals surface area contributed by atoms with E-state index in [1.165, 1.54) is 0 Å². The normalized spacial score (nSPS) is 22.2. The summed E-state index contributed by atoms with van der Waals surface area (Å²) in [6.45, 7) is 0.613. The topological polar surface area (TPSA) is 398 Å². The van der Waals surface area contributed by atoms with Crippen LogP contribution in [0.25, 0.3) is 0 Å². The molecule has 0 bridgehead atoms. The van der Waals surface area contributed by atoms with Crippen LogP contribution in [-0.2, 0) is 47.9 Å². The summed E-state index contributed by atoms with van der Waals surface area (Å²) in [4.78, 5) is 124. The van der Waals surface area contributed by atoms with E-state index >= 15 is 0 Å². The number of aliphatic carboxylic acids is 4. The van der Waals surface area contributed by atoms with Crippen molar-refractivity contribution in [1.82, 2.24) is 31.1 Å². The van der Waals surface area contributed by atoms with Crippen molar-refractivity contribution in [3.8, 4) is 0 Å². The van der Waals surface area contributed by atoms with Gasteiger partial charge in [0.15, 0.2) is 0 Å². The maximum Gasteiger partial charge on any atom is 2.00 e. The zero-order chi connectivity index (χ0) is 41.1. The molecule has 0 spiro atoms. The Morgan fingerprint density at radius 1 is 0.404 bits per heavy atom. The van der Waals surface area contributed by atoms with Crippen LogP contribution in [-0.4, -0.2) is 188 Å². The van der Waals surface area contributed by atoms with Gasteiger partial charge in [-0.1, -0.05) is 0 Å².